The maximum absolute atomic E-state index is 13.5. The van der Waals surface area contributed by atoms with E-state index in [0.717, 1.165) is 0 Å². The highest BCUT2D eigenvalue weighted by Crippen LogP contribution is 2.34. The first-order valence-electron chi connectivity index (χ1n) is 11.8. The molecule has 198 valence electrons. The molecule has 0 bridgehead atoms. The van der Waals surface area contributed by atoms with E-state index in [1.54, 1.807) is 42.6 Å². The van der Waals surface area contributed by atoms with Gasteiger partial charge >= 0.3 is 5.97 Å². The Morgan fingerprint density at radius 1 is 1.05 bits per heavy atom. The fourth-order valence-corrected chi connectivity index (χ4v) is 4.32. The number of nitrogens with zero attached hydrogens (tertiary/aromatic N) is 2. The summed E-state index contributed by atoms with van der Waals surface area (Å²) >= 11 is 6.20. The summed E-state index contributed by atoms with van der Waals surface area (Å²) in [7, 11) is 1.42. The number of carbonyl (C=O) groups excluding carboxylic acids is 2. The molecule has 10 heteroatoms. The van der Waals surface area contributed by atoms with E-state index in [0.29, 0.717) is 33.1 Å². The van der Waals surface area contributed by atoms with Crippen molar-refractivity contribution in [2.45, 2.75) is 19.4 Å². The van der Waals surface area contributed by atoms with Gasteiger partial charge in [-0.25, -0.2) is 4.79 Å². The topological polar surface area (TPSA) is 128 Å². The van der Waals surface area contributed by atoms with Crippen LogP contribution in [-0.4, -0.2) is 39.4 Å². The van der Waals surface area contributed by atoms with Crippen molar-refractivity contribution in [2.24, 2.45) is 0 Å². The van der Waals surface area contributed by atoms with Crippen molar-refractivity contribution in [2.75, 3.05) is 12.4 Å². The van der Waals surface area contributed by atoms with Crippen LogP contribution in [0.4, 0.5) is 5.69 Å². The van der Waals surface area contributed by atoms with Crippen LogP contribution in [0.2, 0.25) is 5.02 Å². The van der Waals surface area contributed by atoms with Crippen LogP contribution >= 0.6 is 11.6 Å². The third kappa shape index (κ3) is 6.22. The minimum absolute atomic E-state index is 0.0699. The van der Waals surface area contributed by atoms with Gasteiger partial charge in [-0.2, -0.15) is 0 Å². The Balaban J connectivity index is 1.79. The smallest absolute Gasteiger partial charge is 0.335 e. The number of aromatic nitrogens is 2. The van der Waals surface area contributed by atoms with Crippen LogP contribution in [0.3, 0.4) is 0 Å². The number of ketones is 1. The molecule has 9 nitrogen and oxygen atoms in total. The number of amides is 1. The highest BCUT2D eigenvalue weighted by molar-refractivity contribution is 6.31. The maximum Gasteiger partial charge on any atom is 0.335 e. The summed E-state index contributed by atoms with van der Waals surface area (Å²) in [5.74, 6) is -1.57. The molecule has 0 aliphatic carbocycles. The lowest BCUT2D eigenvalue weighted by molar-refractivity contribution is -0.119. The number of hydrogen-bond acceptors (Lipinski definition) is 6. The van der Waals surface area contributed by atoms with Gasteiger partial charge in [0, 0.05) is 46.2 Å². The molecule has 1 amide bonds. The number of nitrogens with one attached hydrogen (secondary N) is 1. The number of methoxy groups -OCH3 is 1. The first-order valence-corrected chi connectivity index (χ1v) is 12.2. The number of carbonyl (C=O) groups is 3. The number of ether oxygens (including phenoxy) is 1. The van der Waals surface area contributed by atoms with Crippen LogP contribution in [0.5, 0.6) is 5.75 Å². The van der Waals surface area contributed by atoms with Crippen LogP contribution in [0.1, 0.15) is 39.4 Å². The van der Waals surface area contributed by atoms with Crippen LogP contribution in [-0.2, 0) is 11.2 Å². The number of anilines is 1. The molecule has 0 unspecified atom stereocenters. The van der Waals surface area contributed by atoms with Crippen LogP contribution < -0.4 is 15.6 Å². The second-order valence-corrected chi connectivity index (χ2v) is 9.10. The minimum atomic E-state index is -1.09. The second-order valence-electron chi connectivity index (χ2n) is 8.66. The zero-order valence-electron chi connectivity index (χ0n) is 21.1. The van der Waals surface area contributed by atoms with E-state index in [1.807, 2.05) is 0 Å². The molecule has 0 spiro atoms. The summed E-state index contributed by atoms with van der Waals surface area (Å²) in [5.41, 5.74) is 1.63. The zero-order chi connectivity index (χ0) is 28.1. The van der Waals surface area contributed by atoms with E-state index in [4.69, 9.17) is 21.4 Å². The maximum atomic E-state index is 13.5. The molecule has 2 N–H and O–H groups in total. The van der Waals surface area contributed by atoms with E-state index in [-0.39, 0.29) is 23.5 Å². The van der Waals surface area contributed by atoms with Crippen molar-refractivity contribution in [3.63, 3.8) is 0 Å². The van der Waals surface area contributed by atoms with Crippen LogP contribution in [0.25, 0.3) is 11.1 Å². The highest BCUT2D eigenvalue weighted by atomic mass is 35.5. The molecule has 39 heavy (non-hydrogen) atoms. The lowest BCUT2D eigenvalue weighted by Gasteiger charge is -2.21. The van der Waals surface area contributed by atoms with Gasteiger partial charge in [0.1, 0.15) is 11.8 Å². The van der Waals surface area contributed by atoms with Crippen molar-refractivity contribution in [1.82, 2.24) is 9.55 Å². The minimum Gasteiger partial charge on any atom is -0.495 e. The van der Waals surface area contributed by atoms with Crippen molar-refractivity contribution < 1.29 is 24.2 Å². The van der Waals surface area contributed by atoms with Crippen LogP contribution in [0, 0.1) is 0 Å². The van der Waals surface area contributed by atoms with Gasteiger partial charge in [-0.3, -0.25) is 23.9 Å². The van der Waals surface area contributed by atoms with Crippen LogP contribution in [0.15, 0.2) is 83.9 Å². The van der Waals surface area contributed by atoms with Gasteiger partial charge in [-0.15, -0.1) is 0 Å². The molecular weight excluding hydrogens is 522 g/mol. The van der Waals surface area contributed by atoms with Gasteiger partial charge in [0.25, 0.3) is 5.56 Å². The quantitative estimate of drug-likeness (QED) is 0.286. The predicted octanol–water partition coefficient (Wildman–Crippen LogP) is 4.90. The van der Waals surface area contributed by atoms with Crippen molar-refractivity contribution >= 4 is 34.9 Å². The third-order valence-electron chi connectivity index (χ3n) is 6.08. The fraction of sp³-hybridized carbons (Fsp3) is 0.138. The van der Waals surface area contributed by atoms with Gasteiger partial charge < -0.3 is 15.2 Å². The van der Waals surface area contributed by atoms with Crippen molar-refractivity contribution in [3.05, 3.63) is 111 Å². The lowest BCUT2D eigenvalue weighted by atomic mass is 9.97. The fourth-order valence-electron chi connectivity index (χ4n) is 4.15. The van der Waals surface area contributed by atoms with Gasteiger partial charge in [0.05, 0.1) is 18.9 Å². The van der Waals surface area contributed by atoms with E-state index >= 15 is 0 Å². The van der Waals surface area contributed by atoms with E-state index in [9.17, 15) is 19.2 Å². The number of aromatic carboxylic acids is 1. The van der Waals surface area contributed by atoms with Crippen molar-refractivity contribution in [3.8, 4) is 16.9 Å². The monoisotopic (exact) mass is 545 g/mol. The Labute approximate surface area is 228 Å². The zero-order valence-corrected chi connectivity index (χ0v) is 21.8. The molecule has 4 aromatic rings. The first-order chi connectivity index (χ1) is 18.7. The Kier molecular flexibility index (Phi) is 8.21. The molecule has 0 saturated carbocycles. The number of benzene rings is 2. The third-order valence-corrected chi connectivity index (χ3v) is 6.32. The molecule has 0 aliphatic rings. The predicted molar refractivity (Wildman–Crippen MR) is 147 cm³/mol. The summed E-state index contributed by atoms with van der Waals surface area (Å²) in [4.78, 5) is 54.7. The second kappa shape index (κ2) is 11.7. The molecule has 2 aromatic carbocycles. The van der Waals surface area contributed by atoms with E-state index in [2.05, 4.69) is 10.3 Å². The molecule has 4 rings (SSSR count). The SMILES string of the molecule is COc1cn([C@@H](Cc2ccccn2)C(=O)Nc2ccc(C(=O)O)cc2)c(=O)cc1-c1cc(Cl)ccc1C(C)=O. The Hall–Kier alpha value is -4.76. The number of carboxylic acid groups (broad SMARTS) is 1. The molecule has 0 aliphatic heterocycles. The number of Topliss-reactive ketones (excluding diaryl/α,β-unsaturated/α-hetero) is 1. The Bertz CT molecular complexity index is 1600. The van der Waals surface area contributed by atoms with Gasteiger partial charge in [-0.05, 0) is 67.1 Å². The molecule has 0 radical (unpaired) electrons. The average molecular weight is 546 g/mol. The molecule has 0 fully saturated rings. The summed E-state index contributed by atoms with van der Waals surface area (Å²) in [6, 6.07) is 15.9. The Morgan fingerprint density at radius 2 is 1.79 bits per heavy atom. The van der Waals surface area contributed by atoms with E-state index < -0.39 is 23.5 Å². The largest absolute Gasteiger partial charge is 0.495 e. The summed E-state index contributed by atoms with van der Waals surface area (Å²) in [5, 5.41) is 12.3. The molecule has 1 atom stereocenters. The number of carboxylic acids is 1. The molecular formula is C29H24ClN3O6. The molecule has 2 aromatic heterocycles. The number of halogens is 1. The number of hydrogen-bond donors (Lipinski definition) is 2. The summed E-state index contributed by atoms with van der Waals surface area (Å²) in [6.07, 6.45) is 3.09. The number of pyridine rings is 2. The van der Waals surface area contributed by atoms with Gasteiger partial charge in [-0.1, -0.05) is 17.7 Å². The number of rotatable bonds is 9. The lowest BCUT2D eigenvalue weighted by Crippen LogP contribution is -2.34. The first kappa shape index (κ1) is 27.3. The molecule has 0 saturated heterocycles. The molecule has 2 heterocycles. The summed E-state index contributed by atoms with van der Waals surface area (Å²) < 4.78 is 6.83. The average Bonchev–Trinajstić information content (AvgIpc) is 2.92. The highest BCUT2D eigenvalue weighted by Gasteiger charge is 2.25. The standard InChI is InChI=1S/C29H24ClN3O6/c1-17(34)22-11-8-19(30)13-23(22)24-15-27(35)33(16-26(24)39-2)25(14-21-5-3-4-12-31-21)28(36)32-20-9-6-18(7-10-20)29(37)38/h3-13,15-16,25H,14H2,1-2H3,(H,32,36)(H,37,38)/t25-/m0/s1. The van der Waals surface area contributed by atoms with E-state index in [1.165, 1.54) is 55.1 Å². The summed E-state index contributed by atoms with van der Waals surface area (Å²) in [6.45, 7) is 1.41. The van der Waals surface area contributed by atoms with Crippen molar-refractivity contribution in [1.29, 1.82) is 0 Å². The normalized spacial score (nSPS) is 11.5. The van der Waals surface area contributed by atoms with Gasteiger partial charge in [0.15, 0.2) is 5.78 Å². The van der Waals surface area contributed by atoms with Gasteiger partial charge in [0.2, 0.25) is 5.91 Å². The Morgan fingerprint density at radius 3 is 2.41 bits per heavy atom.